The van der Waals surface area contributed by atoms with Crippen LogP contribution in [0.4, 0.5) is 5.69 Å². The van der Waals surface area contributed by atoms with E-state index in [0.717, 1.165) is 28.5 Å². The number of anilines is 1. The highest BCUT2D eigenvalue weighted by Gasteiger charge is 2.20. The number of nitrogens with one attached hydrogen (secondary N) is 1. The average Bonchev–Trinajstić information content (AvgIpc) is 3.00. The molecule has 2 amide bonds. The van der Waals surface area contributed by atoms with E-state index in [0.29, 0.717) is 29.7 Å². The highest BCUT2D eigenvalue weighted by molar-refractivity contribution is 5.91. The number of amides is 2. The Morgan fingerprint density at radius 1 is 0.875 bits per heavy atom. The second kappa shape index (κ2) is 12.0. The zero-order valence-corrected chi connectivity index (χ0v) is 22.5. The molecule has 1 aromatic heterocycles. The van der Waals surface area contributed by atoms with Crippen LogP contribution in [0.5, 0.6) is 0 Å². The van der Waals surface area contributed by atoms with E-state index in [-0.39, 0.29) is 31.3 Å². The van der Waals surface area contributed by atoms with Gasteiger partial charge in [0, 0.05) is 31.7 Å². The van der Waals surface area contributed by atoms with Crippen LogP contribution in [-0.4, -0.2) is 38.9 Å². The fourth-order valence-corrected chi connectivity index (χ4v) is 5.06. The first-order chi connectivity index (χ1) is 19.4. The Hall–Kier alpha value is -4.72. The predicted molar refractivity (Wildman–Crippen MR) is 157 cm³/mol. The van der Waals surface area contributed by atoms with Gasteiger partial charge in [0.15, 0.2) is 0 Å². The first-order valence-corrected chi connectivity index (χ1v) is 13.6. The van der Waals surface area contributed by atoms with Crippen molar-refractivity contribution in [2.75, 3.05) is 18.4 Å². The molecule has 0 radical (unpaired) electrons. The standard InChI is InChI=1S/C32H32N4O4/c1-2-23-12-14-26(15-13-23)33-29(37)22-36-28-11-7-6-10-27(28)31(39)35(32(36)40)21-18-30(38)34-19-16-25(17-20-34)24-8-4-3-5-9-24/h3-16H,2,17-22H2,1H3,(H,33,37). The molecular weight excluding hydrogens is 504 g/mol. The highest BCUT2D eigenvalue weighted by atomic mass is 16.2. The fourth-order valence-electron chi connectivity index (χ4n) is 5.06. The summed E-state index contributed by atoms with van der Waals surface area (Å²) in [5.41, 5.74) is 3.44. The average molecular weight is 537 g/mol. The maximum atomic E-state index is 13.5. The molecular formula is C32H32N4O4. The molecule has 4 aromatic rings. The SMILES string of the molecule is CCc1ccc(NC(=O)Cn2c(=O)n(CCC(=O)N3CC=C(c4ccccc4)CC3)c(=O)c3ccccc32)cc1. The van der Waals surface area contributed by atoms with Crippen molar-refractivity contribution in [1.82, 2.24) is 14.0 Å². The third kappa shape index (κ3) is 5.81. The summed E-state index contributed by atoms with van der Waals surface area (Å²) in [5, 5.41) is 3.15. The topological polar surface area (TPSA) is 93.4 Å². The van der Waals surface area contributed by atoms with Crippen LogP contribution in [0.1, 0.15) is 30.9 Å². The number of carbonyl (C=O) groups excluding carboxylic acids is 2. The number of carbonyl (C=O) groups is 2. The van der Waals surface area contributed by atoms with Crippen molar-refractivity contribution in [3.8, 4) is 0 Å². The van der Waals surface area contributed by atoms with Gasteiger partial charge in [0.25, 0.3) is 5.56 Å². The third-order valence-electron chi connectivity index (χ3n) is 7.34. The van der Waals surface area contributed by atoms with Gasteiger partial charge in [-0.1, -0.05) is 67.6 Å². The van der Waals surface area contributed by atoms with Crippen LogP contribution in [0.15, 0.2) is 94.5 Å². The number of fused-ring (bicyclic) bond motifs is 1. The molecule has 0 bridgehead atoms. The van der Waals surface area contributed by atoms with Crippen molar-refractivity contribution < 1.29 is 9.59 Å². The lowest BCUT2D eigenvalue weighted by Gasteiger charge is -2.27. The van der Waals surface area contributed by atoms with Gasteiger partial charge in [-0.3, -0.25) is 23.5 Å². The molecule has 0 saturated heterocycles. The molecule has 2 heterocycles. The fraction of sp³-hybridized carbons (Fsp3) is 0.250. The van der Waals surface area contributed by atoms with E-state index in [2.05, 4.69) is 30.4 Å². The van der Waals surface area contributed by atoms with Gasteiger partial charge in [0.05, 0.1) is 10.9 Å². The summed E-state index contributed by atoms with van der Waals surface area (Å²) in [6.07, 6.45) is 3.70. The highest BCUT2D eigenvalue weighted by Crippen LogP contribution is 2.22. The second-order valence-electron chi connectivity index (χ2n) is 9.88. The number of nitrogens with zero attached hydrogens (tertiary/aromatic N) is 3. The smallest absolute Gasteiger partial charge is 0.331 e. The van der Waals surface area contributed by atoms with E-state index < -0.39 is 11.2 Å². The van der Waals surface area contributed by atoms with Gasteiger partial charge in [0.1, 0.15) is 6.54 Å². The van der Waals surface area contributed by atoms with Crippen LogP contribution in [0.25, 0.3) is 16.5 Å². The number of benzene rings is 3. The molecule has 0 spiro atoms. The molecule has 40 heavy (non-hydrogen) atoms. The molecule has 0 fully saturated rings. The number of hydrogen-bond donors (Lipinski definition) is 1. The molecule has 0 unspecified atom stereocenters. The largest absolute Gasteiger partial charge is 0.339 e. The van der Waals surface area contributed by atoms with E-state index in [9.17, 15) is 19.2 Å². The molecule has 1 N–H and O–H groups in total. The van der Waals surface area contributed by atoms with Gasteiger partial charge in [-0.15, -0.1) is 0 Å². The van der Waals surface area contributed by atoms with Crippen molar-refractivity contribution in [2.24, 2.45) is 0 Å². The van der Waals surface area contributed by atoms with Gasteiger partial charge in [0.2, 0.25) is 11.8 Å². The molecule has 8 heteroatoms. The molecule has 204 valence electrons. The number of para-hydroxylation sites is 1. The molecule has 0 atom stereocenters. The van der Waals surface area contributed by atoms with E-state index in [1.807, 2.05) is 42.5 Å². The maximum Gasteiger partial charge on any atom is 0.331 e. The molecule has 3 aromatic carbocycles. The molecule has 8 nitrogen and oxygen atoms in total. The molecule has 1 aliphatic heterocycles. The molecule has 5 rings (SSSR count). The molecule has 1 aliphatic rings. The first kappa shape index (κ1) is 26.9. The molecule has 0 aliphatic carbocycles. The third-order valence-corrected chi connectivity index (χ3v) is 7.34. The van der Waals surface area contributed by atoms with Crippen molar-refractivity contribution >= 4 is 34.0 Å². The van der Waals surface area contributed by atoms with E-state index >= 15 is 0 Å². The van der Waals surface area contributed by atoms with E-state index in [4.69, 9.17) is 0 Å². The van der Waals surface area contributed by atoms with Gasteiger partial charge in [-0.25, -0.2) is 4.79 Å². The van der Waals surface area contributed by atoms with E-state index in [1.165, 1.54) is 10.1 Å². The van der Waals surface area contributed by atoms with Crippen molar-refractivity contribution in [2.45, 2.75) is 39.3 Å². The van der Waals surface area contributed by atoms with Crippen LogP contribution in [0, 0.1) is 0 Å². The summed E-state index contributed by atoms with van der Waals surface area (Å²) in [6, 6.07) is 24.3. The summed E-state index contributed by atoms with van der Waals surface area (Å²) in [6.45, 7) is 2.80. The van der Waals surface area contributed by atoms with Gasteiger partial charge >= 0.3 is 5.69 Å². The summed E-state index contributed by atoms with van der Waals surface area (Å²) >= 11 is 0. The van der Waals surface area contributed by atoms with E-state index in [1.54, 1.807) is 29.2 Å². The Morgan fingerprint density at radius 3 is 2.30 bits per heavy atom. The van der Waals surface area contributed by atoms with Crippen molar-refractivity contribution in [3.63, 3.8) is 0 Å². The Labute approximate surface area is 232 Å². The predicted octanol–water partition coefficient (Wildman–Crippen LogP) is 4.07. The minimum absolute atomic E-state index is 0.0119. The number of aromatic nitrogens is 2. The lowest BCUT2D eigenvalue weighted by Crippen LogP contribution is -2.43. The summed E-state index contributed by atoms with van der Waals surface area (Å²) in [5.74, 6) is -0.505. The second-order valence-corrected chi connectivity index (χ2v) is 9.88. The minimum atomic E-state index is -0.613. The monoisotopic (exact) mass is 536 g/mol. The zero-order valence-electron chi connectivity index (χ0n) is 22.5. The number of hydrogen-bond acceptors (Lipinski definition) is 4. The molecule has 0 saturated carbocycles. The van der Waals surface area contributed by atoms with Gasteiger partial charge in [-0.2, -0.15) is 0 Å². The zero-order chi connectivity index (χ0) is 28.1. The van der Waals surface area contributed by atoms with Gasteiger partial charge < -0.3 is 10.2 Å². The maximum absolute atomic E-state index is 13.5. The Kier molecular flexibility index (Phi) is 8.05. The summed E-state index contributed by atoms with van der Waals surface area (Å²) < 4.78 is 2.37. The quantitative estimate of drug-likeness (QED) is 0.367. The normalized spacial score (nSPS) is 13.2. The lowest BCUT2D eigenvalue weighted by atomic mass is 9.99. The summed E-state index contributed by atoms with van der Waals surface area (Å²) in [4.78, 5) is 54.4. The minimum Gasteiger partial charge on any atom is -0.339 e. The number of rotatable bonds is 8. The summed E-state index contributed by atoms with van der Waals surface area (Å²) in [7, 11) is 0. The van der Waals surface area contributed by atoms with Gasteiger partial charge in [-0.05, 0) is 53.8 Å². The lowest BCUT2D eigenvalue weighted by molar-refractivity contribution is -0.131. The van der Waals surface area contributed by atoms with Crippen LogP contribution in [0.2, 0.25) is 0 Å². The van der Waals surface area contributed by atoms with Crippen LogP contribution >= 0.6 is 0 Å². The van der Waals surface area contributed by atoms with Crippen LogP contribution in [0.3, 0.4) is 0 Å². The Morgan fingerprint density at radius 2 is 1.60 bits per heavy atom. The Balaban J connectivity index is 1.32. The first-order valence-electron chi connectivity index (χ1n) is 13.6. The van der Waals surface area contributed by atoms with Crippen molar-refractivity contribution in [1.29, 1.82) is 0 Å². The van der Waals surface area contributed by atoms with Crippen LogP contribution < -0.4 is 16.6 Å². The van der Waals surface area contributed by atoms with Crippen molar-refractivity contribution in [3.05, 3.63) is 117 Å². The van der Waals surface area contributed by atoms with Crippen LogP contribution in [-0.2, 0) is 29.1 Å². The Bertz CT molecular complexity index is 1680. The number of aryl methyl sites for hydroxylation is 1.